The molecule has 3 rings (SSSR count). The Morgan fingerprint density at radius 2 is 2.00 bits per heavy atom. The van der Waals surface area contributed by atoms with Crippen molar-refractivity contribution < 1.29 is 23.1 Å². The van der Waals surface area contributed by atoms with Crippen LogP contribution in [0.4, 0.5) is 4.39 Å². The van der Waals surface area contributed by atoms with E-state index >= 15 is 0 Å². The van der Waals surface area contributed by atoms with Crippen molar-refractivity contribution in [2.24, 2.45) is 0 Å². The summed E-state index contributed by atoms with van der Waals surface area (Å²) in [7, 11) is 0. The van der Waals surface area contributed by atoms with Crippen LogP contribution in [0.25, 0.3) is 0 Å². The first-order valence-electron chi connectivity index (χ1n) is 9.93. The molecule has 29 heavy (non-hydrogen) atoms. The van der Waals surface area contributed by atoms with E-state index in [2.05, 4.69) is 0 Å². The topological polar surface area (TPSA) is 63.0 Å². The highest BCUT2D eigenvalue weighted by atomic mass is 19.1. The second-order valence-corrected chi connectivity index (χ2v) is 7.50. The van der Waals surface area contributed by atoms with E-state index in [1.54, 1.807) is 29.4 Å². The molecule has 2 amide bonds. The molecule has 6 nitrogen and oxygen atoms in total. The lowest BCUT2D eigenvalue weighted by Gasteiger charge is -2.31. The van der Waals surface area contributed by atoms with Gasteiger partial charge < -0.3 is 19.0 Å². The van der Waals surface area contributed by atoms with Crippen LogP contribution in [0.3, 0.4) is 0 Å². The average molecular weight is 402 g/mol. The van der Waals surface area contributed by atoms with Gasteiger partial charge in [0.2, 0.25) is 5.91 Å². The zero-order chi connectivity index (χ0) is 20.8. The smallest absolute Gasteiger partial charge is 0.257 e. The molecule has 1 aromatic carbocycles. The molecule has 1 aliphatic heterocycles. The number of benzene rings is 1. The summed E-state index contributed by atoms with van der Waals surface area (Å²) in [4.78, 5) is 29.1. The van der Waals surface area contributed by atoms with Crippen molar-refractivity contribution in [2.75, 3.05) is 19.7 Å². The number of furan rings is 1. The second kappa shape index (κ2) is 9.69. The number of amides is 2. The Bertz CT molecular complexity index is 816. The zero-order valence-corrected chi connectivity index (χ0v) is 16.8. The van der Waals surface area contributed by atoms with Gasteiger partial charge in [0.15, 0.2) is 0 Å². The van der Waals surface area contributed by atoms with Crippen LogP contribution in [-0.2, 0) is 16.1 Å². The van der Waals surface area contributed by atoms with Crippen LogP contribution in [0.5, 0.6) is 0 Å². The lowest BCUT2D eigenvalue weighted by Crippen LogP contribution is -2.47. The van der Waals surface area contributed by atoms with Crippen molar-refractivity contribution in [1.29, 1.82) is 0 Å². The number of rotatable bonds is 8. The lowest BCUT2D eigenvalue weighted by atomic mass is 10.1. The van der Waals surface area contributed by atoms with Gasteiger partial charge in [0.05, 0.1) is 24.5 Å². The number of nitrogens with zero attached hydrogens (tertiary/aromatic N) is 2. The number of hydrogen-bond acceptors (Lipinski definition) is 4. The molecule has 0 spiro atoms. The van der Waals surface area contributed by atoms with Crippen molar-refractivity contribution >= 4 is 11.8 Å². The Kier molecular flexibility index (Phi) is 7.04. The Hall–Kier alpha value is -2.67. The van der Waals surface area contributed by atoms with Crippen LogP contribution in [0, 0.1) is 5.82 Å². The fourth-order valence-electron chi connectivity index (χ4n) is 3.40. The van der Waals surface area contributed by atoms with E-state index < -0.39 is 11.7 Å². The number of carbonyl (C=O) groups excluding carboxylic acids is 2. The molecular formula is C22H27FN2O4. The van der Waals surface area contributed by atoms with Gasteiger partial charge in [0.25, 0.3) is 5.91 Å². The minimum atomic E-state index is -0.595. The lowest BCUT2D eigenvalue weighted by molar-refractivity contribution is -0.134. The average Bonchev–Trinajstić information content (AvgIpc) is 3.39. The molecule has 1 unspecified atom stereocenters. The molecule has 1 aromatic heterocycles. The molecule has 1 aliphatic rings. The molecule has 0 N–H and O–H groups in total. The molecule has 2 heterocycles. The van der Waals surface area contributed by atoms with Gasteiger partial charge in [-0.05, 0) is 51.0 Å². The highest BCUT2D eigenvalue weighted by Crippen LogP contribution is 2.17. The van der Waals surface area contributed by atoms with Crippen molar-refractivity contribution in [2.45, 2.75) is 45.4 Å². The van der Waals surface area contributed by atoms with Crippen molar-refractivity contribution in [3.63, 3.8) is 0 Å². The van der Waals surface area contributed by atoms with Gasteiger partial charge in [-0.1, -0.05) is 12.1 Å². The normalized spacial score (nSPS) is 16.2. The maximum atomic E-state index is 14.1. The van der Waals surface area contributed by atoms with Crippen molar-refractivity contribution in [1.82, 2.24) is 9.80 Å². The maximum absolute atomic E-state index is 14.1. The van der Waals surface area contributed by atoms with E-state index in [0.717, 1.165) is 12.8 Å². The van der Waals surface area contributed by atoms with Gasteiger partial charge in [-0.2, -0.15) is 0 Å². The van der Waals surface area contributed by atoms with E-state index in [4.69, 9.17) is 9.15 Å². The van der Waals surface area contributed by atoms with Crippen LogP contribution in [0.2, 0.25) is 0 Å². The van der Waals surface area contributed by atoms with Gasteiger partial charge in [-0.15, -0.1) is 0 Å². The summed E-state index contributed by atoms with van der Waals surface area (Å²) in [5.41, 5.74) is -0.0364. The molecule has 2 aromatic rings. The first kappa shape index (κ1) is 21.0. The Morgan fingerprint density at radius 1 is 1.21 bits per heavy atom. The summed E-state index contributed by atoms with van der Waals surface area (Å²) < 4.78 is 25.2. The minimum absolute atomic E-state index is 0.0244. The Labute approximate surface area is 170 Å². The molecule has 0 saturated carbocycles. The molecule has 1 atom stereocenters. The van der Waals surface area contributed by atoms with E-state index in [1.807, 2.05) is 13.8 Å². The summed E-state index contributed by atoms with van der Waals surface area (Å²) >= 11 is 0. The molecule has 7 heteroatoms. The fraction of sp³-hybridized carbons (Fsp3) is 0.455. The summed E-state index contributed by atoms with van der Waals surface area (Å²) in [6, 6.07) is 9.13. The molecule has 156 valence electrons. The van der Waals surface area contributed by atoms with Crippen LogP contribution >= 0.6 is 0 Å². The summed E-state index contributed by atoms with van der Waals surface area (Å²) in [5.74, 6) is -0.660. The van der Waals surface area contributed by atoms with Gasteiger partial charge in [0.1, 0.15) is 18.1 Å². The summed E-state index contributed by atoms with van der Waals surface area (Å²) in [5, 5.41) is 0. The zero-order valence-electron chi connectivity index (χ0n) is 16.8. The monoisotopic (exact) mass is 402 g/mol. The van der Waals surface area contributed by atoms with Gasteiger partial charge in [-0.3, -0.25) is 9.59 Å². The molecule has 1 saturated heterocycles. The summed E-state index contributed by atoms with van der Waals surface area (Å²) in [6.07, 6.45) is 3.40. The molecule has 0 radical (unpaired) electrons. The van der Waals surface area contributed by atoms with E-state index in [9.17, 15) is 14.0 Å². The van der Waals surface area contributed by atoms with E-state index in [-0.39, 0.29) is 30.2 Å². The highest BCUT2D eigenvalue weighted by Gasteiger charge is 2.28. The summed E-state index contributed by atoms with van der Waals surface area (Å²) in [6.45, 7) is 4.90. The van der Waals surface area contributed by atoms with Crippen LogP contribution in [0.1, 0.15) is 42.8 Å². The predicted molar refractivity (Wildman–Crippen MR) is 106 cm³/mol. The minimum Gasteiger partial charge on any atom is -0.467 e. The molecule has 0 aliphatic carbocycles. The first-order chi connectivity index (χ1) is 14.0. The third-order valence-electron chi connectivity index (χ3n) is 5.02. The second-order valence-electron chi connectivity index (χ2n) is 7.50. The number of hydrogen-bond donors (Lipinski definition) is 0. The van der Waals surface area contributed by atoms with E-state index in [0.29, 0.717) is 25.5 Å². The third-order valence-corrected chi connectivity index (χ3v) is 5.02. The van der Waals surface area contributed by atoms with Crippen LogP contribution in [0.15, 0.2) is 47.1 Å². The predicted octanol–water partition coefficient (Wildman–Crippen LogP) is 3.48. The van der Waals surface area contributed by atoms with Gasteiger partial charge in [0, 0.05) is 19.2 Å². The Morgan fingerprint density at radius 3 is 2.62 bits per heavy atom. The molecule has 0 bridgehead atoms. The molecular weight excluding hydrogens is 375 g/mol. The number of carbonyl (C=O) groups is 2. The van der Waals surface area contributed by atoms with Crippen molar-refractivity contribution in [3.05, 3.63) is 59.8 Å². The largest absolute Gasteiger partial charge is 0.467 e. The first-order valence-corrected chi connectivity index (χ1v) is 9.93. The molecule has 1 fully saturated rings. The fourth-order valence-corrected chi connectivity index (χ4v) is 3.40. The quantitative estimate of drug-likeness (QED) is 0.678. The van der Waals surface area contributed by atoms with Gasteiger partial charge in [-0.25, -0.2) is 4.39 Å². The van der Waals surface area contributed by atoms with E-state index in [1.165, 1.54) is 23.1 Å². The standard InChI is InChI=1S/C22H27FN2O4/c1-16(2)25(22(27)19-9-3-4-10-20(19)23)15-21(26)24(13-17-7-5-11-28-17)14-18-8-6-12-29-18/h3-5,7,9-11,16,18H,6,8,12-15H2,1-2H3. The Balaban J connectivity index is 1.75. The highest BCUT2D eigenvalue weighted by molar-refractivity contribution is 5.97. The third kappa shape index (κ3) is 5.44. The van der Waals surface area contributed by atoms with Crippen LogP contribution in [-0.4, -0.2) is 53.5 Å². The van der Waals surface area contributed by atoms with Crippen molar-refractivity contribution in [3.8, 4) is 0 Å². The maximum Gasteiger partial charge on any atom is 0.257 e. The number of halogens is 1. The van der Waals surface area contributed by atoms with Gasteiger partial charge >= 0.3 is 0 Å². The SMILES string of the molecule is CC(C)N(CC(=O)N(Cc1ccco1)CC1CCCO1)C(=O)c1ccccc1F. The van der Waals surface area contributed by atoms with Crippen LogP contribution < -0.4 is 0 Å². The number of ether oxygens (including phenoxy) is 1.